The molecule has 2 atom stereocenters. The standard InChI is InChI=1S/C9H16N.C9H8N.4CNS.Fe/c2*1-2-4-9-7-10-6-5-8(9)3-1;4*2-1-3;/h8-9H,1-7H2;1-5,7H,6H2;;;;;/q6*-1;+6. The summed E-state index contributed by atoms with van der Waals surface area (Å²) in [7, 11) is 0. The van der Waals surface area contributed by atoms with Gasteiger partial charge in [-0.3, -0.25) is 0 Å². The number of rotatable bonds is 0. The maximum absolute atomic E-state index is 7.13. The molecule has 2 unspecified atom stereocenters. The van der Waals surface area contributed by atoms with E-state index >= 15 is 0 Å². The van der Waals surface area contributed by atoms with Gasteiger partial charge in [-0.05, 0) is 16.4 Å². The van der Waals surface area contributed by atoms with E-state index in [0.29, 0.717) is 0 Å². The summed E-state index contributed by atoms with van der Waals surface area (Å²) in [6, 6.07) is 8.27. The fraction of sp³-hybridized carbons (Fsp3) is 0.455. The maximum Gasteiger partial charge on any atom is 6.00 e. The summed E-state index contributed by atoms with van der Waals surface area (Å²) in [6.07, 6.45) is 11.4. The number of nitrogens with zero attached hydrogens (tertiary/aromatic N) is 6. The Labute approximate surface area is 228 Å². The Hall–Kier alpha value is -1.56. The molecule has 0 bridgehead atoms. The zero-order valence-electron chi connectivity index (χ0n) is 17.9. The molecule has 4 rings (SSSR count). The minimum atomic E-state index is 0. The van der Waals surface area contributed by atoms with Gasteiger partial charge in [0.05, 0.1) is 0 Å². The minimum Gasteiger partial charge on any atom is -0.753 e. The molecule has 33 heavy (non-hydrogen) atoms. The summed E-state index contributed by atoms with van der Waals surface area (Å²) < 4.78 is 0. The fourth-order valence-corrected chi connectivity index (χ4v) is 3.54. The summed E-state index contributed by atoms with van der Waals surface area (Å²) >= 11 is 14.8. The zero-order valence-corrected chi connectivity index (χ0v) is 22.3. The maximum atomic E-state index is 7.13. The molecule has 0 radical (unpaired) electrons. The number of thiocarbonyl (C=S) groups is 4. The molecular formula is C22H24FeN6S4. The van der Waals surface area contributed by atoms with Crippen molar-refractivity contribution in [2.24, 2.45) is 11.8 Å². The van der Waals surface area contributed by atoms with Crippen molar-refractivity contribution in [1.29, 1.82) is 0 Å². The quantitative estimate of drug-likeness (QED) is 0.228. The first-order valence-electron chi connectivity index (χ1n) is 9.70. The van der Waals surface area contributed by atoms with Crippen LogP contribution < -0.4 is 10.4 Å². The molecule has 174 valence electrons. The van der Waals surface area contributed by atoms with Crippen LogP contribution >= 0.6 is 48.9 Å². The van der Waals surface area contributed by atoms with Crippen molar-refractivity contribution in [2.75, 3.05) is 19.6 Å². The second kappa shape index (κ2) is 28.5. The number of hydrogen-bond donors (Lipinski definition) is 0. The predicted molar refractivity (Wildman–Crippen MR) is 150 cm³/mol. The summed E-state index contributed by atoms with van der Waals surface area (Å²) in [5, 5.41) is 45.0. The molecule has 2 heterocycles. The SMILES string of the molecule is C1=c2ccccc2=C[N-]C1.C1CCC2C[N-]CCC2C1.[Fe+6].[N-]=C=S.[N-]=C=S.[N-]=C=S.[N-]=C=S. The molecule has 1 aromatic rings. The minimum absolute atomic E-state index is 0. The molecule has 2 fully saturated rings. The molecule has 0 aromatic heterocycles. The van der Waals surface area contributed by atoms with Gasteiger partial charge in [-0.15, -0.1) is 19.6 Å². The van der Waals surface area contributed by atoms with E-state index in [2.05, 4.69) is 83.8 Å². The summed E-state index contributed by atoms with van der Waals surface area (Å²) in [4.78, 5) is 0. The van der Waals surface area contributed by atoms with Crippen LogP contribution in [-0.4, -0.2) is 40.3 Å². The van der Waals surface area contributed by atoms with Gasteiger partial charge in [-0.1, -0.05) is 117 Å². The average molecular weight is 557 g/mol. The van der Waals surface area contributed by atoms with E-state index in [-0.39, 0.29) is 17.1 Å². The first-order valence-corrected chi connectivity index (χ1v) is 11.3. The Morgan fingerprint density at radius 3 is 1.73 bits per heavy atom. The van der Waals surface area contributed by atoms with Gasteiger partial charge in [-0.2, -0.15) is 26.8 Å². The largest absolute Gasteiger partial charge is 6.00 e. The fourth-order valence-electron chi connectivity index (χ4n) is 3.54. The molecule has 1 saturated carbocycles. The monoisotopic (exact) mass is 556 g/mol. The summed E-state index contributed by atoms with van der Waals surface area (Å²) in [5.74, 6) is 2.05. The Morgan fingerprint density at radius 1 is 0.758 bits per heavy atom. The average Bonchev–Trinajstić information content (AvgIpc) is 2.82. The topological polar surface area (TPSA) is 117 Å². The number of piperidine rings is 1. The van der Waals surface area contributed by atoms with Crippen molar-refractivity contribution in [1.82, 2.24) is 0 Å². The van der Waals surface area contributed by atoms with Gasteiger partial charge < -0.3 is 32.3 Å². The predicted octanol–water partition coefficient (Wildman–Crippen LogP) is 5.79. The second-order valence-electron chi connectivity index (χ2n) is 6.42. The summed E-state index contributed by atoms with van der Waals surface area (Å²) in [5.41, 5.74) is 0. The first kappa shape index (κ1) is 36.0. The van der Waals surface area contributed by atoms with E-state index in [1.54, 1.807) is 0 Å². The molecule has 2 aliphatic heterocycles. The van der Waals surface area contributed by atoms with Crippen molar-refractivity contribution in [3.8, 4) is 0 Å². The van der Waals surface area contributed by atoms with Crippen molar-refractivity contribution < 1.29 is 17.1 Å². The Balaban J connectivity index is -0.000000367. The summed E-state index contributed by atoms with van der Waals surface area (Å²) in [6.45, 7) is 3.17. The third kappa shape index (κ3) is 20.8. The van der Waals surface area contributed by atoms with Crippen LogP contribution in [0.1, 0.15) is 32.1 Å². The number of hydrogen-bond acceptors (Lipinski definition) is 4. The first-order chi connectivity index (χ1) is 15.6. The van der Waals surface area contributed by atoms with Gasteiger partial charge in [0.2, 0.25) is 0 Å². The van der Waals surface area contributed by atoms with Gasteiger partial charge >= 0.3 is 17.1 Å². The molecule has 0 spiro atoms. The van der Waals surface area contributed by atoms with Gasteiger partial charge in [-0.25, -0.2) is 0 Å². The molecular weight excluding hydrogens is 532 g/mol. The van der Waals surface area contributed by atoms with E-state index in [0.717, 1.165) is 24.9 Å². The van der Waals surface area contributed by atoms with Crippen molar-refractivity contribution in [3.63, 3.8) is 0 Å². The van der Waals surface area contributed by atoms with Crippen LogP contribution in [-0.2, 0) is 17.1 Å². The molecule has 0 N–H and O–H groups in total. The Kier molecular flexibility index (Phi) is 31.1. The number of fused-ring (bicyclic) bond motifs is 2. The van der Waals surface area contributed by atoms with E-state index in [1.165, 1.54) is 69.7 Å². The normalized spacial score (nSPS) is 17.6. The van der Waals surface area contributed by atoms with Crippen LogP contribution in [0, 0.1) is 11.8 Å². The third-order valence-corrected chi connectivity index (χ3v) is 4.73. The molecule has 1 saturated heterocycles. The van der Waals surface area contributed by atoms with E-state index in [4.69, 9.17) is 21.6 Å². The third-order valence-electron chi connectivity index (χ3n) is 4.73. The van der Waals surface area contributed by atoms with Crippen LogP contribution in [0.4, 0.5) is 0 Å². The van der Waals surface area contributed by atoms with Gasteiger partial charge in [0.1, 0.15) is 0 Å². The van der Waals surface area contributed by atoms with Crippen LogP contribution in [0.2, 0.25) is 0 Å². The van der Waals surface area contributed by atoms with Gasteiger partial charge in [0.15, 0.2) is 0 Å². The smallest absolute Gasteiger partial charge is 0.753 e. The second-order valence-corrected chi connectivity index (χ2v) is 7.15. The van der Waals surface area contributed by atoms with Crippen molar-refractivity contribution >= 4 is 81.8 Å². The zero-order chi connectivity index (χ0) is 24.5. The molecule has 3 aliphatic rings. The number of isothiocyanates is 4. The molecule has 1 aromatic carbocycles. The van der Waals surface area contributed by atoms with E-state index in [9.17, 15) is 0 Å². The van der Waals surface area contributed by atoms with Crippen LogP contribution in [0.3, 0.4) is 0 Å². The van der Waals surface area contributed by atoms with E-state index < -0.39 is 0 Å². The molecule has 0 amide bonds. The van der Waals surface area contributed by atoms with Crippen molar-refractivity contribution in [2.45, 2.75) is 32.1 Å². The van der Waals surface area contributed by atoms with Crippen LogP contribution in [0.15, 0.2) is 24.3 Å². The Bertz CT molecular complexity index is 775. The Morgan fingerprint density at radius 2 is 1.24 bits per heavy atom. The van der Waals surface area contributed by atoms with E-state index in [1.807, 2.05) is 12.3 Å². The van der Waals surface area contributed by atoms with Crippen LogP contribution in [0.5, 0.6) is 0 Å². The van der Waals surface area contributed by atoms with Crippen molar-refractivity contribution in [3.05, 3.63) is 67.0 Å². The number of benzene rings is 1. The van der Waals surface area contributed by atoms with Crippen LogP contribution in [0.25, 0.3) is 44.5 Å². The molecule has 6 nitrogen and oxygen atoms in total. The van der Waals surface area contributed by atoms with Gasteiger partial charge in [0, 0.05) is 0 Å². The van der Waals surface area contributed by atoms with Gasteiger partial charge in [0.25, 0.3) is 0 Å². The molecule has 11 heteroatoms. The molecule has 1 aliphatic carbocycles.